The Labute approximate surface area is 201 Å². The lowest BCUT2D eigenvalue weighted by Gasteiger charge is -2.20. The first kappa shape index (κ1) is 27.6. The fraction of sp³-hybridized carbons (Fsp3) is 0.417. The number of aromatic nitrogens is 1. The molecule has 2 aromatic rings. The highest BCUT2D eigenvalue weighted by atomic mass is 19.1. The van der Waals surface area contributed by atoms with Crippen LogP contribution in [0.15, 0.2) is 36.5 Å². The van der Waals surface area contributed by atoms with Gasteiger partial charge in [-0.05, 0) is 64.3 Å². The molecule has 2 rings (SSSR count). The van der Waals surface area contributed by atoms with Crippen molar-refractivity contribution in [3.05, 3.63) is 59.7 Å². The number of hydrogen-bond acceptors (Lipinski definition) is 6. The summed E-state index contributed by atoms with van der Waals surface area (Å²) in [6, 6.07) is 4.53. The molecule has 1 aromatic carbocycles. The number of halogens is 3. The molecular formula is C24H28F3N3O5. The number of carbonyl (C=O) groups is 3. The number of rotatable bonds is 11. The number of amides is 2. The van der Waals surface area contributed by atoms with Crippen molar-refractivity contribution in [3.8, 4) is 5.75 Å². The fourth-order valence-electron chi connectivity index (χ4n) is 2.95. The number of hydrogen-bond donors (Lipinski definition) is 2. The smallest absolute Gasteiger partial charge is 0.407 e. The first-order valence-electron chi connectivity index (χ1n) is 11.0. The Bertz CT molecular complexity index is 1020. The van der Waals surface area contributed by atoms with E-state index in [1.165, 1.54) is 18.3 Å². The lowest BCUT2D eigenvalue weighted by atomic mass is 10.0. The summed E-state index contributed by atoms with van der Waals surface area (Å²) in [6.07, 6.45) is 1.49. The Balaban J connectivity index is 1.99. The summed E-state index contributed by atoms with van der Waals surface area (Å²) >= 11 is 0. The number of alkyl carbamates (subject to hydrolysis) is 1. The van der Waals surface area contributed by atoms with Crippen molar-refractivity contribution in [3.63, 3.8) is 0 Å². The van der Waals surface area contributed by atoms with Gasteiger partial charge in [-0.2, -0.15) is 4.39 Å². The zero-order valence-corrected chi connectivity index (χ0v) is 19.7. The molecule has 0 fully saturated rings. The summed E-state index contributed by atoms with van der Waals surface area (Å²) in [4.78, 5) is 40.3. The SMILES string of the molecule is CC(C)(C)OC(=O)NCCCC[C@H](NC(=O)c1cccnc1F)C(=O)COc1c(F)cccc1F. The van der Waals surface area contributed by atoms with Crippen LogP contribution in [-0.2, 0) is 9.53 Å². The van der Waals surface area contributed by atoms with Gasteiger partial charge in [0.1, 0.15) is 12.2 Å². The molecule has 11 heteroatoms. The molecule has 1 heterocycles. The van der Waals surface area contributed by atoms with Gasteiger partial charge in [-0.15, -0.1) is 0 Å². The van der Waals surface area contributed by atoms with Crippen LogP contribution in [0.4, 0.5) is 18.0 Å². The molecule has 0 aliphatic rings. The van der Waals surface area contributed by atoms with Crippen molar-refractivity contribution < 1.29 is 37.0 Å². The van der Waals surface area contributed by atoms with E-state index in [0.717, 1.165) is 18.2 Å². The van der Waals surface area contributed by atoms with Crippen LogP contribution >= 0.6 is 0 Å². The molecule has 0 aliphatic carbocycles. The van der Waals surface area contributed by atoms with Gasteiger partial charge < -0.3 is 20.1 Å². The number of pyridine rings is 1. The van der Waals surface area contributed by atoms with Crippen molar-refractivity contribution in [1.29, 1.82) is 0 Å². The maximum atomic E-state index is 13.9. The van der Waals surface area contributed by atoms with Crippen LogP contribution < -0.4 is 15.4 Å². The quantitative estimate of drug-likeness (QED) is 0.361. The summed E-state index contributed by atoms with van der Waals surface area (Å²) in [5.41, 5.74) is -1.01. The molecule has 0 spiro atoms. The molecule has 0 saturated heterocycles. The highest BCUT2D eigenvalue weighted by Crippen LogP contribution is 2.21. The van der Waals surface area contributed by atoms with Crippen LogP contribution in [0.5, 0.6) is 5.75 Å². The van der Waals surface area contributed by atoms with Gasteiger partial charge in [0.25, 0.3) is 5.91 Å². The topological polar surface area (TPSA) is 107 Å². The number of Topliss-reactive ketones (excluding diaryl/α,β-unsaturated/α-hetero) is 1. The molecule has 1 aromatic heterocycles. The van der Waals surface area contributed by atoms with Crippen LogP contribution in [0.3, 0.4) is 0 Å². The Morgan fingerprint density at radius 3 is 2.34 bits per heavy atom. The first-order chi connectivity index (χ1) is 16.5. The molecule has 0 bridgehead atoms. The van der Waals surface area contributed by atoms with Crippen molar-refractivity contribution in [2.24, 2.45) is 0 Å². The lowest BCUT2D eigenvalue weighted by Crippen LogP contribution is -2.43. The zero-order valence-electron chi connectivity index (χ0n) is 19.7. The van der Waals surface area contributed by atoms with Crippen molar-refractivity contribution >= 4 is 17.8 Å². The molecule has 35 heavy (non-hydrogen) atoms. The monoisotopic (exact) mass is 495 g/mol. The molecule has 2 amide bonds. The van der Waals surface area contributed by atoms with Crippen molar-refractivity contribution in [1.82, 2.24) is 15.6 Å². The largest absolute Gasteiger partial charge is 0.480 e. The third kappa shape index (κ3) is 9.26. The minimum absolute atomic E-state index is 0.103. The number of unbranched alkanes of at least 4 members (excludes halogenated alkanes) is 1. The van der Waals surface area contributed by atoms with Crippen molar-refractivity contribution in [2.45, 2.75) is 51.7 Å². The van der Waals surface area contributed by atoms with Gasteiger partial charge in [0.2, 0.25) is 5.95 Å². The Morgan fingerprint density at radius 1 is 1.03 bits per heavy atom. The van der Waals surface area contributed by atoms with Crippen LogP contribution in [0, 0.1) is 17.6 Å². The van der Waals surface area contributed by atoms with E-state index < -0.39 is 59.4 Å². The van der Waals surface area contributed by atoms with E-state index in [4.69, 9.17) is 9.47 Å². The van der Waals surface area contributed by atoms with E-state index in [1.54, 1.807) is 20.8 Å². The van der Waals surface area contributed by atoms with Gasteiger partial charge in [0.05, 0.1) is 11.6 Å². The van der Waals surface area contributed by atoms with E-state index in [1.807, 2.05) is 0 Å². The van der Waals surface area contributed by atoms with Gasteiger partial charge >= 0.3 is 6.09 Å². The number of ether oxygens (including phenoxy) is 2. The molecule has 0 radical (unpaired) electrons. The predicted octanol–water partition coefficient (Wildman–Crippen LogP) is 3.94. The molecule has 8 nitrogen and oxygen atoms in total. The van der Waals surface area contributed by atoms with Gasteiger partial charge in [-0.25, -0.2) is 18.6 Å². The van der Waals surface area contributed by atoms with E-state index in [2.05, 4.69) is 15.6 Å². The number of para-hydroxylation sites is 1. The highest BCUT2D eigenvalue weighted by molar-refractivity contribution is 5.98. The maximum absolute atomic E-state index is 13.9. The molecule has 0 saturated carbocycles. The molecule has 0 aliphatic heterocycles. The Hall–Kier alpha value is -3.63. The van der Waals surface area contributed by atoms with Crippen molar-refractivity contribution in [2.75, 3.05) is 13.2 Å². The summed E-state index contributed by atoms with van der Waals surface area (Å²) in [5, 5.41) is 5.00. The summed E-state index contributed by atoms with van der Waals surface area (Å²) in [5.74, 6) is -5.25. The van der Waals surface area contributed by atoms with E-state index in [0.29, 0.717) is 12.8 Å². The van der Waals surface area contributed by atoms with E-state index in [-0.39, 0.29) is 18.5 Å². The maximum Gasteiger partial charge on any atom is 0.407 e. The average molecular weight is 495 g/mol. The normalized spacial score (nSPS) is 11.9. The highest BCUT2D eigenvalue weighted by Gasteiger charge is 2.24. The van der Waals surface area contributed by atoms with Crippen LogP contribution in [-0.4, -0.2) is 47.6 Å². The second kappa shape index (κ2) is 12.7. The number of benzene rings is 1. The third-order valence-electron chi connectivity index (χ3n) is 4.56. The summed E-state index contributed by atoms with van der Waals surface area (Å²) in [7, 11) is 0. The van der Waals surface area contributed by atoms with Gasteiger partial charge in [0, 0.05) is 12.7 Å². The third-order valence-corrected chi connectivity index (χ3v) is 4.56. The average Bonchev–Trinajstić information content (AvgIpc) is 2.76. The summed E-state index contributed by atoms with van der Waals surface area (Å²) in [6.45, 7) is 4.70. The van der Waals surface area contributed by atoms with Crippen LogP contribution in [0.2, 0.25) is 0 Å². The van der Waals surface area contributed by atoms with E-state index in [9.17, 15) is 27.6 Å². The van der Waals surface area contributed by atoms with Gasteiger partial charge in [-0.3, -0.25) is 9.59 Å². The number of nitrogens with zero attached hydrogens (tertiary/aromatic N) is 1. The predicted molar refractivity (Wildman–Crippen MR) is 120 cm³/mol. The minimum atomic E-state index is -1.14. The van der Waals surface area contributed by atoms with Crippen LogP contribution in [0.25, 0.3) is 0 Å². The Kier molecular flexibility index (Phi) is 10.0. The summed E-state index contributed by atoms with van der Waals surface area (Å²) < 4.78 is 51.6. The van der Waals surface area contributed by atoms with Crippen LogP contribution in [0.1, 0.15) is 50.4 Å². The molecule has 1 atom stereocenters. The second-order valence-electron chi connectivity index (χ2n) is 8.60. The zero-order chi connectivity index (χ0) is 26.0. The number of nitrogens with one attached hydrogen (secondary N) is 2. The molecule has 0 unspecified atom stereocenters. The van der Waals surface area contributed by atoms with E-state index >= 15 is 0 Å². The molecular weight excluding hydrogens is 467 g/mol. The second-order valence-corrected chi connectivity index (χ2v) is 8.60. The minimum Gasteiger partial charge on any atom is -0.480 e. The molecule has 190 valence electrons. The van der Waals surface area contributed by atoms with Gasteiger partial charge in [0.15, 0.2) is 23.2 Å². The Morgan fingerprint density at radius 2 is 1.71 bits per heavy atom. The lowest BCUT2D eigenvalue weighted by molar-refractivity contribution is -0.123. The number of ketones is 1. The standard InChI is InChI=1S/C24H28F3N3O5/c1-24(2,3)35-23(33)29-12-5-4-11-18(30-22(32)15-8-7-13-28-21(15)27)19(31)14-34-20-16(25)9-6-10-17(20)26/h6-10,13,18H,4-5,11-12,14H2,1-3H3,(H,29,33)(H,30,32)/t18-/m0/s1. The first-order valence-corrected chi connectivity index (χ1v) is 11.0. The molecule has 2 N–H and O–H groups in total. The van der Waals surface area contributed by atoms with Gasteiger partial charge in [-0.1, -0.05) is 6.07 Å². The number of carbonyl (C=O) groups excluding carboxylic acids is 3. The fourth-order valence-corrected chi connectivity index (χ4v) is 2.95.